The molecule has 0 radical (unpaired) electrons. The molecule has 2 aliphatic rings. The Morgan fingerprint density at radius 2 is 2.10 bits per heavy atom. The van der Waals surface area contributed by atoms with Crippen molar-refractivity contribution in [1.82, 2.24) is 10.2 Å². The molecule has 148 valence electrons. The zero-order valence-electron chi connectivity index (χ0n) is 15.7. The third-order valence-corrected chi connectivity index (χ3v) is 5.88. The van der Waals surface area contributed by atoms with Crippen molar-refractivity contribution in [2.45, 2.75) is 12.8 Å². The summed E-state index contributed by atoms with van der Waals surface area (Å²) in [5.74, 6) is -2.31. The predicted octanol–water partition coefficient (Wildman–Crippen LogP) is 4.31. The van der Waals surface area contributed by atoms with E-state index in [-0.39, 0.29) is 17.2 Å². The molecule has 2 atom stereocenters. The summed E-state index contributed by atoms with van der Waals surface area (Å²) < 4.78 is 19.4. The lowest BCUT2D eigenvalue weighted by molar-refractivity contribution is -0.141. The summed E-state index contributed by atoms with van der Waals surface area (Å²) in [6.07, 6.45) is 0. The second-order valence-corrected chi connectivity index (χ2v) is 7.70. The van der Waals surface area contributed by atoms with Crippen molar-refractivity contribution in [3.8, 4) is 6.07 Å². The Labute approximate surface area is 175 Å². The summed E-state index contributed by atoms with van der Waals surface area (Å²) in [5.41, 5.74) is 4.00. The van der Waals surface area contributed by atoms with Crippen LogP contribution in [0, 0.1) is 30.0 Å². The van der Waals surface area contributed by atoms with E-state index in [0.29, 0.717) is 17.0 Å². The lowest BCUT2D eigenvalue weighted by atomic mass is 9.75. The van der Waals surface area contributed by atoms with Crippen LogP contribution in [-0.2, 0) is 9.53 Å². The van der Waals surface area contributed by atoms with E-state index in [1.807, 2.05) is 25.1 Å². The Morgan fingerprint density at radius 3 is 2.87 bits per heavy atom. The molecule has 1 N–H and O–H groups in total. The van der Waals surface area contributed by atoms with Crippen molar-refractivity contribution in [3.63, 3.8) is 0 Å². The summed E-state index contributed by atoms with van der Waals surface area (Å²) >= 11 is 5.82. The number of nitrogens with one attached hydrogen (secondary N) is 1. The fourth-order valence-electron chi connectivity index (χ4n) is 4.10. The zero-order valence-corrected chi connectivity index (χ0v) is 16.5. The maximum atomic E-state index is 14.1. The number of esters is 1. The van der Waals surface area contributed by atoms with Crippen molar-refractivity contribution >= 4 is 39.9 Å². The van der Waals surface area contributed by atoms with Gasteiger partial charge in [-0.1, -0.05) is 23.7 Å². The average Bonchev–Trinajstić information content (AvgIpc) is 3.31. The fraction of sp³-hybridized carbons (Fsp3) is 0.182. The van der Waals surface area contributed by atoms with Crippen molar-refractivity contribution < 1.29 is 13.9 Å². The minimum absolute atomic E-state index is 0.0176. The molecule has 0 bridgehead atoms. The summed E-state index contributed by atoms with van der Waals surface area (Å²) in [4.78, 5) is 17.1. The quantitative estimate of drug-likeness (QED) is 0.625. The van der Waals surface area contributed by atoms with Crippen LogP contribution in [0.1, 0.15) is 22.7 Å². The number of nitrogens with zero attached hydrogens (tertiary/aromatic N) is 3. The smallest absolute Gasteiger partial charge is 0.316 e. The predicted molar refractivity (Wildman–Crippen MR) is 109 cm³/mol. The first kappa shape index (κ1) is 18.5. The molecule has 0 amide bonds. The minimum Gasteiger partial charge on any atom is -0.459 e. The highest BCUT2D eigenvalue weighted by Crippen LogP contribution is 2.44. The van der Waals surface area contributed by atoms with Crippen LogP contribution in [-0.4, -0.2) is 28.5 Å². The number of rotatable bonds is 2. The van der Waals surface area contributed by atoms with E-state index in [1.165, 1.54) is 12.1 Å². The zero-order chi connectivity index (χ0) is 21.0. The highest BCUT2D eigenvalue weighted by Gasteiger charge is 2.46. The number of nitriles is 1. The first-order chi connectivity index (χ1) is 14.5. The SMILES string of the molecule is Cc1[nH]nc2ccc(C3C(C#N)=C(c4ccc(Cl)c(F)c4)N=C4COC(=O)C43)cc12. The molecule has 1 saturated heterocycles. The van der Waals surface area contributed by atoms with Gasteiger partial charge in [0.25, 0.3) is 0 Å². The molecule has 0 aliphatic carbocycles. The number of aryl methyl sites for hydroxylation is 1. The molecule has 8 heteroatoms. The van der Waals surface area contributed by atoms with Gasteiger partial charge >= 0.3 is 5.97 Å². The molecule has 2 aromatic carbocycles. The van der Waals surface area contributed by atoms with E-state index in [2.05, 4.69) is 21.3 Å². The van der Waals surface area contributed by atoms with Crippen LogP contribution in [0.4, 0.5) is 4.39 Å². The molecule has 1 fully saturated rings. The van der Waals surface area contributed by atoms with Gasteiger partial charge in [0, 0.05) is 22.6 Å². The van der Waals surface area contributed by atoms with Crippen LogP contribution in [0.2, 0.25) is 5.02 Å². The normalized spacial score (nSPS) is 20.7. The van der Waals surface area contributed by atoms with Crippen LogP contribution >= 0.6 is 11.6 Å². The van der Waals surface area contributed by atoms with Crippen molar-refractivity contribution in [2.24, 2.45) is 10.9 Å². The third kappa shape index (κ3) is 2.72. The highest BCUT2D eigenvalue weighted by molar-refractivity contribution is 6.30. The standard InChI is InChI=1S/C22H14ClFN4O2/c1-10-13-6-11(3-5-17(13)28-27-10)19-14(8-25)21(12-2-4-15(23)16(24)7-12)26-18-9-30-22(29)20(18)19/h2-7,19-20H,9H2,1H3,(H,27,28). The molecule has 1 aromatic heterocycles. The first-order valence-electron chi connectivity index (χ1n) is 9.26. The number of allylic oxidation sites excluding steroid dienone is 1. The van der Waals surface area contributed by atoms with E-state index in [1.54, 1.807) is 6.07 Å². The number of halogens is 2. The van der Waals surface area contributed by atoms with E-state index in [9.17, 15) is 14.4 Å². The fourth-order valence-corrected chi connectivity index (χ4v) is 4.22. The molecular weight excluding hydrogens is 407 g/mol. The van der Waals surface area contributed by atoms with Gasteiger partial charge in [-0.25, -0.2) is 4.39 Å². The molecule has 6 nitrogen and oxygen atoms in total. The van der Waals surface area contributed by atoms with Gasteiger partial charge in [0.15, 0.2) is 0 Å². The molecule has 5 rings (SSSR count). The van der Waals surface area contributed by atoms with Gasteiger partial charge in [-0.3, -0.25) is 14.9 Å². The Bertz CT molecular complexity index is 1330. The largest absolute Gasteiger partial charge is 0.459 e. The number of hydrogen-bond donors (Lipinski definition) is 1. The van der Waals surface area contributed by atoms with Gasteiger partial charge in [-0.2, -0.15) is 10.4 Å². The second kappa shape index (κ2) is 6.78. The second-order valence-electron chi connectivity index (χ2n) is 7.29. The number of aromatic amines is 1. The molecule has 3 aromatic rings. The number of cyclic esters (lactones) is 1. The van der Waals surface area contributed by atoms with Gasteiger partial charge in [0.2, 0.25) is 0 Å². The van der Waals surface area contributed by atoms with Crippen LogP contribution in [0.25, 0.3) is 16.6 Å². The Morgan fingerprint density at radius 1 is 1.27 bits per heavy atom. The Hall–Kier alpha value is -3.50. The van der Waals surface area contributed by atoms with E-state index >= 15 is 0 Å². The summed E-state index contributed by atoms with van der Waals surface area (Å²) in [7, 11) is 0. The Balaban J connectivity index is 1.75. The number of ether oxygens (including phenoxy) is 1. The van der Waals surface area contributed by atoms with Gasteiger partial charge < -0.3 is 4.74 Å². The first-order valence-corrected chi connectivity index (χ1v) is 9.64. The maximum absolute atomic E-state index is 14.1. The maximum Gasteiger partial charge on any atom is 0.316 e. The minimum atomic E-state index is -0.690. The summed E-state index contributed by atoms with van der Waals surface area (Å²) in [5, 5.41) is 18.1. The molecule has 30 heavy (non-hydrogen) atoms. The topological polar surface area (TPSA) is 91.1 Å². The molecule has 3 heterocycles. The summed E-state index contributed by atoms with van der Waals surface area (Å²) in [6.45, 7) is 1.95. The van der Waals surface area contributed by atoms with Crippen LogP contribution in [0.5, 0.6) is 0 Å². The number of carbonyl (C=O) groups excluding carboxylic acids is 1. The lowest BCUT2D eigenvalue weighted by Crippen LogP contribution is -2.29. The van der Waals surface area contributed by atoms with E-state index in [4.69, 9.17) is 16.3 Å². The highest BCUT2D eigenvalue weighted by atomic mass is 35.5. The number of H-pyrrole nitrogens is 1. The number of carbonyl (C=O) groups is 1. The number of fused-ring (bicyclic) bond motifs is 2. The number of aromatic nitrogens is 2. The van der Waals surface area contributed by atoms with Crippen LogP contribution in [0.15, 0.2) is 47.0 Å². The van der Waals surface area contributed by atoms with Gasteiger partial charge in [0.05, 0.1) is 33.6 Å². The lowest BCUT2D eigenvalue weighted by Gasteiger charge is -2.27. The van der Waals surface area contributed by atoms with E-state index in [0.717, 1.165) is 22.2 Å². The number of aliphatic imine (C=N–C) groups is 1. The molecule has 2 unspecified atom stereocenters. The van der Waals surface area contributed by atoms with Gasteiger partial charge in [-0.15, -0.1) is 0 Å². The summed E-state index contributed by atoms with van der Waals surface area (Å²) in [6, 6.07) is 12.1. The van der Waals surface area contributed by atoms with Crippen LogP contribution in [0.3, 0.4) is 0 Å². The number of benzene rings is 2. The van der Waals surface area contributed by atoms with Crippen LogP contribution < -0.4 is 0 Å². The average molecular weight is 421 g/mol. The Kier molecular flexibility index (Phi) is 4.19. The van der Waals surface area contributed by atoms with Crippen molar-refractivity contribution in [3.05, 3.63) is 69.6 Å². The molecule has 0 saturated carbocycles. The van der Waals surface area contributed by atoms with E-state index < -0.39 is 23.6 Å². The molecule has 0 spiro atoms. The van der Waals surface area contributed by atoms with Crippen molar-refractivity contribution in [2.75, 3.05) is 6.61 Å². The van der Waals surface area contributed by atoms with Gasteiger partial charge in [0.1, 0.15) is 18.3 Å². The third-order valence-electron chi connectivity index (χ3n) is 5.57. The monoisotopic (exact) mass is 420 g/mol. The number of hydrogen-bond acceptors (Lipinski definition) is 5. The van der Waals surface area contributed by atoms with Gasteiger partial charge in [-0.05, 0) is 36.8 Å². The molecular formula is C22H14ClFN4O2. The van der Waals surface area contributed by atoms with Crippen molar-refractivity contribution in [1.29, 1.82) is 5.26 Å². The molecule has 2 aliphatic heterocycles.